The van der Waals surface area contributed by atoms with Crippen LogP contribution in [-0.4, -0.2) is 0 Å². The van der Waals surface area contributed by atoms with Crippen molar-refractivity contribution in [3.8, 4) is 0 Å². The lowest BCUT2D eigenvalue weighted by Crippen LogP contribution is -1.71. The molecule has 0 radical (unpaired) electrons. The molecule has 2 heteroatoms. The Labute approximate surface area is 48.0 Å². The molecular formula is C6H6O2. The average Bonchev–Trinajstić information content (AvgIpc) is 1.81. The van der Waals surface area contributed by atoms with Crippen LogP contribution in [0.15, 0.2) is 37.1 Å². The molecule has 0 aliphatic rings. The highest BCUT2D eigenvalue weighted by Gasteiger charge is 1.63. The lowest BCUT2D eigenvalue weighted by molar-refractivity contribution is -0.195. The van der Waals surface area contributed by atoms with Gasteiger partial charge in [-0.3, -0.25) is 9.78 Å². The van der Waals surface area contributed by atoms with Crippen LogP contribution < -0.4 is 0 Å². The van der Waals surface area contributed by atoms with Crippen molar-refractivity contribution < 1.29 is 9.78 Å². The van der Waals surface area contributed by atoms with Crippen LogP contribution in [-0.2, 0) is 9.78 Å². The Balaban J connectivity index is 3.18. The molecule has 0 aliphatic carbocycles. The first-order valence-corrected chi connectivity index (χ1v) is 1.92. The molecule has 0 unspecified atom stereocenters. The maximum Gasteiger partial charge on any atom is 0.184 e. The van der Waals surface area contributed by atoms with E-state index in [1.807, 2.05) is 0 Å². The smallest absolute Gasteiger partial charge is 0.184 e. The molecule has 42 valence electrons. The van der Waals surface area contributed by atoms with Crippen molar-refractivity contribution in [1.29, 1.82) is 0 Å². The molecule has 0 saturated carbocycles. The van der Waals surface area contributed by atoms with Gasteiger partial charge in [0.05, 0.1) is 0 Å². The molecule has 0 fully saturated rings. The summed E-state index contributed by atoms with van der Waals surface area (Å²) < 4.78 is 0. The molecule has 0 heterocycles. The second kappa shape index (κ2) is 5.64. The van der Waals surface area contributed by atoms with Crippen LogP contribution >= 0.6 is 0 Å². The number of hydrogen-bond acceptors (Lipinski definition) is 2. The zero-order valence-corrected chi connectivity index (χ0v) is 4.39. The van der Waals surface area contributed by atoms with Crippen molar-refractivity contribution in [3.63, 3.8) is 0 Å². The normalized spacial score (nSPS) is 5.50. The Morgan fingerprint density at radius 1 is 1.00 bits per heavy atom. The molecule has 0 rings (SSSR count). The second-order valence-corrected chi connectivity index (χ2v) is 0.836. The molecule has 0 amide bonds. The average molecular weight is 110 g/mol. The fourth-order valence-electron chi connectivity index (χ4n) is 0.124. The molecular weight excluding hydrogens is 104 g/mol. The van der Waals surface area contributed by atoms with Gasteiger partial charge in [-0.2, -0.15) is 0 Å². The van der Waals surface area contributed by atoms with Crippen LogP contribution in [0, 0.1) is 0 Å². The standard InChI is InChI=1S/C6H6O2/c1-3-5-7-8-6-4-2/h5-6H,1-2H2. The van der Waals surface area contributed by atoms with Gasteiger partial charge in [0.1, 0.15) is 0 Å². The molecule has 0 bridgehead atoms. The van der Waals surface area contributed by atoms with Gasteiger partial charge in [0, 0.05) is 0 Å². The third-order valence-corrected chi connectivity index (χ3v) is 0.318. The summed E-state index contributed by atoms with van der Waals surface area (Å²) in [5.41, 5.74) is 4.67. The van der Waals surface area contributed by atoms with E-state index >= 15 is 0 Å². The van der Waals surface area contributed by atoms with Crippen molar-refractivity contribution in [2.75, 3.05) is 0 Å². The predicted octanol–water partition coefficient (Wildman–Crippen LogP) is 1.53. The largest absolute Gasteiger partial charge is 0.289 e. The molecule has 0 N–H and O–H groups in total. The van der Waals surface area contributed by atoms with Crippen molar-refractivity contribution in [3.05, 3.63) is 37.1 Å². The van der Waals surface area contributed by atoms with Gasteiger partial charge in [0.25, 0.3) is 0 Å². The van der Waals surface area contributed by atoms with Crippen LogP contribution in [0.4, 0.5) is 0 Å². The van der Waals surface area contributed by atoms with Gasteiger partial charge in [-0.25, -0.2) is 0 Å². The predicted molar refractivity (Wildman–Crippen MR) is 29.6 cm³/mol. The highest BCUT2D eigenvalue weighted by molar-refractivity contribution is 4.64. The molecule has 0 aliphatic heterocycles. The Morgan fingerprint density at radius 3 is 1.62 bits per heavy atom. The number of hydrogen-bond donors (Lipinski definition) is 0. The third-order valence-electron chi connectivity index (χ3n) is 0.318. The first-order valence-electron chi connectivity index (χ1n) is 1.92. The summed E-state index contributed by atoms with van der Waals surface area (Å²) in [5.74, 6) is 0. The first-order chi connectivity index (χ1) is 3.91. The molecule has 0 atom stereocenters. The molecule has 0 aromatic carbocycles. The van der Waals surface area contributed by atoms with E-state index in [0.717, 1.165) is 0 Å². The first kappa shape index (κ1) is 6.64. The summed E-state index contributed by atoms with van der Waals surface area (Å²) in [6, 6.07) is 0. The third kappa shape index (κ3) is 4.64. The lowest BCUT2D eigenvalue weighted by Gasteiger charge is -1.87. The van der Waals surface area contributed by atoms with Crippen LogP contribution in [0.3, 0.4) is 0 Å². The summed E-state index contributed by atoms with van der Waals surface area (Å²) in [4.78, 5) is 8.53. The molecule has 0 saturated heterocycles. The van der Waals surface area contributed by atoms with E-state index in [4.69, 9.17) is 0 Å². The van der Waals surface area contributed by atoms with Gasteiger partial charge >= 0.3 is 0 Å². The Bertz CT molecular complexity index is 119. The zero-order chi connectivity index (χ0) is 6.24. The van der Waals surface area contributed by atoms with Gasteiger partial charge < -0.3 is 0 Å². The van der Waals surface area contributed by atoms with Crippen LogP contribution in [0.25, 0.3) is 0 Å². The fraction of sp³-hybridized carbons (Fsp3) is 0. The van der Waals surface area contributed by atoms with Gasteiger partial charge in [0.15, 0.2) is 12.5 Å². The van der Waals surface area contributed by atoms with Crippen molar-refractivity contribution in [1.82, 2.24) is 0 Å². The molecule has 0 spiro atoms. The lowest BCUT2D eigenvalue weighted by atomic mass is 10.9. The summed E-state index contributed by atoms with van der Waals surface area (Å²) in [7, 11) is 0. The van der Waals surface area contributed by atoms with Crippen molar-refractivity contribution in [2.24, 2.45) is 0 Å². The minimum Gasteiger partial charge on any atom is -0.289 e. The monoisotopic (exact) mass is 110 g/mol. The topological polar surface area (TPSA) is 18.5 Å². The van der Waals surface area contributed by atoms with Crippen LogP contribution in [0.2, 0.25) is 0 Å². The van der Waals surface area contributed by atoms with Crippen molar-refractivity contribution >= 4 is 0 Å². The molecule has 0 aromatic rings. The molecule has 0 aromatic heterocycles. The summed E-state index contributed by atoms with van der Waals surface area (Å²) in [5, 5.41) is 0. The zero-order valence-electron chi connectivity index (χ0n) is 4.39. The van der Waals surface area contributed by atoms with E-state index < -0.39 is 0 Å². The Hall–Kier alpha value is -1.36. The summed E-state index contributed by atoms with van der Waals surface area (Å²) in [6.07, 6.45) is 2.35. The minimum absolute atomic E-state index is 1.17. The molecule has 2 nitrogen and oxygen atoms in total. The van der Waals surface area contributed by atoms with Crippen molar-refractivity contribution in [2.45, 2.75) is 0 Å². The van der Waals surface area contributed by atoms with Gasteiger partial charge in [-0.1, -0.05) is 24.6 Å². The van der Waals surface area contributed by atoms with Gasteiger partial charge in [-0.05, 0) is 0 Å². The quantitative estimate of drug-likeness (QED) is 0.180. The molecule has 8 heavy (non-hydrogen) atoms. The van der Waals surface area contributed by atoms with E-state index in [0.29, 0.717) is 0 Å². The van der Waals surface area contributed by atoms with E-state index in [1.165, 1.54) is 12.5 Å². The second-order valence-electron chi connectivity index (χ2n) is 0.836. The van der Waals surface area contributed by atoms with E-state index in [9.17, 15) is 0 Å². The Kier molecular flexibility index (Phi) is 4.68. The fourth-order valence-corrected chi connectivity index (χ4v) is 0.124. The SMILES string of the molecule is C=C=COOC=C=C. The summed E-state index contributed by atoms with van der Waals surface area (Å²) >= 11 is 0. The maximum atomic E-state index is 4.27. The summed E-state index contributed by atoms with van der Waals surface area (Å²) in [6.45, 7) is 6.45. The Morgan fingerprint density at radius 2 is 1.38 bits per heavy atom. The van der Waals surface area contributed by atoms with Gasteiger partial charge in [-0.15, -0.1) is 0 Å². The van der Waals surface area contributed by atoms with Crippen LogP contribution in [0.5, 0.6) is 0 Å². The van der Waals surface area contributed by atoms with E-state index in [-0.39, 0.29) is 0 Å². The highest BCUT2D eigenvalue weighted by Crippen LogP contribution is 1.76. The number of rotatable bonds is 3. The van der Waals surface area contributed by atoms with E-state index in [2.05, 4.69) is 34.4 Å². The maximum absolute atomic E-state index is 4.27. The van der Waals surface area contributed by atoms with Gasteiger partial charge in [0.2, 0.25) is 0 Å². The van der Waals surface area contributed by atoms with E-state index in [1.54, 1.807) is 0 Å². The van der Waals surface area contributed by atoms with Crippen LogP contribution in [0.1, 0.15) is 0 Å². The minimum atomic E-state index is 1.17. The highest BCUT2D eigenvalue weighted by atomic mass is 17.2.